The van der Waals surface area contributed by atoms with Gasteiger partial charge in [-0.3, -0.25) is 9.59 Å². The van der Waals surface area contributed by atoms with E-state index < -0.39 is 0 Å². The molecule has 34 heavy (non-hydrogen) atoms. The SMILES string of the molecule is O=C(c1nnn(-c2ccc(Cl)cc2)c1-c1ccccc1)N1C[C@@H]2C[C@H](C1)c1cccc(=O)n1C2. The number of amides is 1. The Labute approximate surface area is 201 Å². The molecular formula is C26H22ClN5O2. The molecule has 0 aliphatic carbocycles. The lowest BCUT2D eigenvalue weighted by atomic mass is 9.83. The predicted octanol–water partition coefficient (Wildman–Crippen LogP) is 4.01. The molecule has 2 atom stereocenters. The Hall–Kier alpha value is -3.71. The van der Waals surface area contributed by atoms with E-state index >= 15 is 0 Å². The van der Waals surface area contributed by atoms with Crippen LogP contribution < -0.4 is 5.56 Å². The van der Waals surface area contributed by atoms with Crippen molar-refractivity contribution in [1.82, 2.24) is 24.5 Å². The fraction of sp³-hybridized carbons (Fsp3) is 0.231. The van der Waals surface area contributed by atoms with Gasteiger partial charge in [-0.2, -0.15) is 0 Å². The molecule has 4 heterocycles. The Kier molecular flexibility index (Phi) is 5.07. The van der Waals surface area contributed by atoms with Crippen LogP contribution in [0.1, 0.15) is 28.5 Å². The third-order valence-corrected chi connectivity index (χ3v) is 7.01. The Morgan fingerprint density at radius 2 is 1.71 bits per heavy atom. The molecule has 0 N–H and O–H groups in total. The average Bonchev–Trinajstić information content (AvgIpc) is 3.30. The van der Waals surface area contributed by atoms with Gasteiger partial charge in [-0.25, -0.2) is 4.68 Å². The maximum atomic E-state index is 13.8. The van der Waals surface area contributed by atoms with Crippen molar-refractivity contribution in [2.45, 2.75) is 18.9 Å². The predicted molar refractivity (Wildman–Crippen MR) is 129 cm³/mol. The summed E-state index contributed by atoms with van der Waals surface area (Å²) in [5.74, 6) is 0.235. The van der Waals surface area contributed by atoms with Crippen molar-refractivity contribution in [1.29, 1.82) is 0 Å². The first-order chi connectivity index (χ1) is 16.6. The van der Waals surface area contributed by atoms with E-state index in [4.69, 9.17) is 11.6 Å². The molecule has 6 rings (SSSR count). The van der Waals surface area contributed by atoms with E-state index in [1.807, 2.05) is 58.0 Å². The second-order valence-corrected chi connectivity index (χ2v) is 9.39. The monoisotopic (exact) mass is 471 g/mol. The summed E-state index contributed by atoms with van der Waals surface area (Å²) in [6, 6.07) is 22.4. The summed E-state index contributed by atoms with van der Waals surface area (Å²) in [6.45, 7) is 1.79. The normalized spacial score (nSPS) is 19.0. The number of carbonyl (C=O) groups excluding carboxylic acids is 1. The van der Waals surface area contributed by atoms with Gasteiger partial charge in [0.15, 0.2) is 5.69 Å². The molecule has 2 aliphatic rings. The van der Waals surface area contributed by atoms with Gasteiger partial charge in [-0.05, 0) is 42.7 Å². The van der Waals surface area contributed by atoms with Crippen molar-refractivity contribution in [2.24, 2.45) is 5.92 Å². The first kappa shape index (κ1) is 20.9. The molecule has 0 unspecified atom stereocenters. The summed E-state index contributed by atoms with van der Waals surface area (Å²) >= 11 is 6.08. The van der Waals surface area contributed by atoms with E-state index in [-0.39, 0.29) is 23.3 Å². The Morgan fingerprint density at radius 1 is 0.912 bits per heavy atom. The lowest BCUT2D eigenvalue weighted by Crippen LogP contribution is -2.49. The number of fused-ring (bicyclic) bond motifs is 4. The highest BCUT2D eigenvalue weighted by molar-refractivity contribution is 6.30. The van der Waals surface area contributed by atoms with E-state index in [0.717, 1.165) is 23.4 Å². The molecule has 8 heteroatoms. The molecule has 2 aliphatic heterocycles. The van der Waals surface area contributed by atoms with Crippen molar-refractivity contribution >= 4 is 17.5 Å². The summed E-state index contributed by atoms with van der Waals surface area (Å²) in [4.78, 5) is 28.0. The second kappa shape index (κ2) is 8.25. The highest BCUT2D eigenvalue weighted by Gasteiger charge is 2.38. The molecule has 2 aromatic heterocycles. The maximum absolute atomic E-state index is 13.8. The van der Waals surface area contributed by atoms with Crippen LogP contribution in [0.25, 0.3) is 16.9 Å². The smallest absolute Gasteiger partial charge is 0.276 e. The van der Waals surface area contributed by atoms with E-state index in [0.29, 0.717) is 36.0 Å². The lowest BCUT2D eigenvalue weighted by molar-refractivity contribution is 0.0589. The van der Waals surface area contributed by atoms with Crippen molar-refractivity contribution in [3.63, 3.8) is 0 Å². The molecule has 0 spiro atoms. The molecule has 4 aromatic rings. The van der Waals surface area contributed by atoms with Gasteiger partial charge in [0, 0.05) is 47.9 Å². The summed E-state index contributed by atoms with van der Waals surface area (Å²) in [7, 11) is 0. The second-order valence-electron chi connectivity index (χ2n) is 8.95. The number of hydrogen-bond donors (Lipinski definition) is 0. The molecule has 170 valence electrons. The van der Waals surface area contributed by atoms with Gasteiger partial charge in [0.2, 0.25) is 0 Å². The van der Waals surface area contributed by atoms with Crippen LogP contribution >= 0.6 is 11.6 Å². The molecule has 2 bridgehead atoms. The third kappa shape index (κ3) is 3.53. The van der Waals surface area contributed by atoms with E-state index in [1.54, 1.807) is 28.9 Å². The first-order valence-electron chi connectivity index (χ1n) is 11.3. The van der Waals surface area contributed by atoms with Crippen molar-refractivity contribution < 1.29 is 4.79 Å². The molecule has 7 nitrogen and oxygen atoms in total. The Balaban J connectivity index is 1.39. The minimum Gasteiger partial charge on any atom is -0.336 e. The molecule has 0 radical (unpaired) electrons. The summed E-state index contributed by atoms with van der Waals surface area (Å²) in [6.07, 6.45) is 0.982. The van der Waals surface area contributed by atoms with E-state index in [9.17, 15) is 9.59 Å². The summed E-state index contributed by atoms with van der Waals surface area (Å²) in [5, 5.41) is 9.34. The number of halogens is 1. The van der Waals surface area contributed by atoms with Crippen molar-refractivity contribution in [3.8, 4) is 16.9 Å². The quantitative estimate of drug-likeness (QED) is 0.452. The van der Waals surface area contributed by atoms with Gasteiger partial charge in [0.1, 0.15) is 5.69 Å². The number of pyridine rings is 1. The van der Waals surface area contributed by atoms with Gasteiger partial charge < -0.3 is 9.47 Å². The zero-order valence-electron chi connectivity index (χ0n) is 18.3. The van der Waals surface area contributed by atoms with Gasteiger partial charge in [0.25, 0.3) is 11.5 Å². The van der Waals surface area contributed by atoms with Gasteiger partial charge in [-0.15, -0.1) is 5.10 Å². The lowest BCUT2D eigenvalue weighted by Gasteiger charge is -2.42. The Morgan fingerprint density at radius 3 is 2.50 bits per heavy atom. The molecule has 0 saturated carbocycles. The van der Waals surface area contributed by atoms with Crippen LogP contribution in [-0.2, 0) is 6.54 Å². The number of aromatic nitrogens is 4. The van der Waals surface area contributed by atoms with Gasteiger partial charge in [-0.1, -0.05) is 53.2 Å². The van der Waals surface area contributed by atoms with Crippen LogP contribution in [0.15, 0.2) is 77.6 Å². The molecule has 1 fully saturated rings. The number of nitrogens with zero attached hydrogens (tertiary/aromatic N) is 5. The molecular weight excluding hydrogens is 450 g/mol. The fourth-order valence-corrected chi connectivity index (χ4v) is 5.38. The number of rotatable bonds is 3. The van der Waals surface area contributed by atoms with Crippen molar-refractivity contribution in [2.75, 3.05) is 13.1 Å². The minimum absolute atomic E-state index is 0.0317. The summed E-state index contributed by atoms with van der Waals surface area (Å²) in [5.41, 5.74) is 3.66. The Bertz CT molecular complexity index is 1430. The van der Waals surface area contributed by atoms with Gasteiger partial charge >= 0.3 is 0 Å². The van der Waals surface area contributed by atoms with Gasteiger partial charge in [0.05, 0.1) is 5.69 Å². The van der Waals surface area contributed by atoms with Crippen molar-refractivity contribution in [3.05, 3.63) is 99.6 Å². The average molecular weight is 472 g/mol. The van der Waals surface area contributed by atoms with Crippen LogP contribution in [-0.4, -0.2) is 43.5 Å². The number of piperidine rings is 1. The van der Waals surface area contributed by atoms with Crippen LogP contribution in [0, 0.1) is 5.92 Å². The van der Waals surface area contributed by atoms with Crippen LogP contribution in [0.4, 0.5) is 0 Å². The summed E-state index contributed by atoms with van der Waals surface area (Å²) < 4.78 is 3.56. The highest BCUT2D eigenvalue weighted by Crippen LogP contribution is 2.36. The van der Waals surface area contributed by atoms with E-state index in [2.05, 4.69) is 10.3 Å². The highest BCUT2D eigenvalue weighted by atomic mass is 35.5. The number of carbonyl (C=O) groups is 1. The van der Waals surface area contributed by atoms with Crippen LogP contribution in [0.5, 0.6) is 0 Å². The number of hydrogen-bond acceptors (Lipinski definition) is 4. The zero-order chi connectivity index (χ0) is 23.2. The topological polar surface area (TPSA) is 73.0 Å². The first-order valence-corrected chi connectivity index (χ1v) is 11.7. The minimum atomic E-state index is -0.138. The molecule has 1 amide bonds. The zero-order valence-corrected chi connectivity index (χ0v) is 19.1. The number of likely N-dealkylation sites (tertiary alicyclic amines) is 1. The maximum Gasteiger partial charge on any atom is 0.276 e. The fourth-order valence-electron chi connectivity index (χ4n) is 5.26. The standard InChI is InChI=1S/C26H22ClN5O2/c27-20-9-11-21(12-10-20)32-25(18-5-2-1-3-6-18)24(28-29-32)26(34)30-14-17-13-19(16-30)22-7-4-8-23(33)31(22)15-17/h1-12,17,19H,13-16H2/t17-,19+/m0/s1. The molecule has 2 aromatic carbocycles. The molecule has 1 saturated heterocycles. The van der Waals surface area contributed by atoms with Crippen LogP contribution in [0.3, 0.4) is 0 Å². The third-order valence-electron chi connectivity index (χ3n) is 6.76. The number of benzene rings is 2. The van der Waals surface area contributed by atoms with E-state index in [1.165, 1.54) is 0 Å². The van der Waals surface area contributed by atoms with Crippen LogP contribution in [0.2, 0.25) is 5.02 Å². The largest absolute Gasteiger partial charge is 0.336 e.